The largest absolute Gasteiger partial charge is 0.497 e. The molecule has 0 bridgehead atoms. The first-order valence-electron chi connectivity index (χ1n) is 11.3. The van der Waals surface area contributed by atoms with Gasteiger partial charge in [0.2, 0.25) is 0 Å². The molecule has 5 rings (SSSR count). The van der Waals surface area contributed by atoms with Gasteiger partial charge in [-0.25, -0.2) is 4.98 Å². The average Bonchev–Trinajstić information content (AvgIpc) is 3.50. The number of ether oxygens (including phenoxy) is 1. The average molecular weight is 493 g/mol. The van der Waals surface area contributed by atoms with E-state index >= 15 is 0 Å². The van der Waals surface area contributed by atoms with Gasteiger partial charge in [0.15, 0.2) is 0 Å². The standard InChI is InChI=1S/C25H25ClN6O3/c1-3-31-14-20-23(30-31)22(26)21(25(34)32(20)13-15-4-7-17(35-2)8-5-15)24-28-18-9-6-16(27-10-11-33)12-19(18)29-24/h4-9,12,14,27,33H,3,10-11,13H2,1-2H3,(H,28,29). The molecule has 0 fully saturated rings. The highest BCUT2D eigenvalue weighted by Crippen LogP contribution is 2.31. The van der Waals surface area contributed by atoms with Crippen molar-refractivity contribution in [2.75, 3.05) is 25.6 Å². The van der Waals surface area contributed by atoms with Gasteiger partial charge >= 0.3 is 0 Å². The van der Waals surface area contributed by atoms with Crippen LogP contribution in [-0.4, -0.2) is 49.7 Å². The number of fused-ring (bicyclic) bond motifs is 2. The van der Waals surface area contributed by atoms with Crippen LogP contribution in [0.4, 0.5) is 5.69 Å². The molecule has 3 heterocycles. The zero-order valence-electron chi connectivity index (χ0n) is 19.4. The number of benzene rings is 2. The Labute approximate surface area is 205 Å². The molecular weight excluding hydrogens is 468 g/mol. The van der Waals surface area contributed by atoms with Crippen LogP contribution in [0.15, 0.2) is 53.5 Å². The van der Waals surface area contributed by atoms with Crippen LogP contribution in [0.1, 0.15) is 12.5 Å². The van der Waals surface area contributed by atoms with Crippen molar-refractivity contribution in [1.29, 1.82) is 0 Å². The third-order valence-corrected chi connectivity index (χ3v) is 6.27. The summed E-state index contributed by atoms with van der Waals surface area (Å²) >= 11 is 6.79. The van der Waals surface area contributed by atoms with E-state index in [-0.39, 0.29) is 22.8 Å². The Hall–Kier alpha value is -3.82. The lowest BCUT2D eigenvalue weighted by molar-refractivity contribution is 0.311. The first-order valence-corrected chi connectivity index (χ1v) is 11.7. The van der Waals surface area contributed by atoms with Gasteiger partial charge in [0.05, 0.1) is 41.8 Å². The number of hydrogen-bond donors (Lipinski definition) is 3. The number of aryl methyl sites for hydroxylation is 1. The van der Waals surface area contributed by atoms with Crippen LogP contribution in [-0.2, 0) is 13.1 Å². The van der Waals surface area contributed by atoms with Crippen molar-refractivity contribution in [2.45, 2.75) is 20.0 Å². The first-order chi connectivity index (χ1) is 17.0. The molecule has 0 atom stereocenters. The van der Waals surface area contributed by atoms with Crippen LogP contribution in [0.5, 0.6) is 5.75 Å². The molecule has 10 heteroatoms. The van der Waals surface area contributed by atoms with Gasteiger partial charge in [0.25, 0.3) is 5.56 Å². The van der Waals surface area contributed by atoms with Crippen molar-refractivity contribution in [3.05, 3.63) is 69.6 Å². The van der Waals surface area contributed by atoms with E-state index < -0.39 is 0 Å². The summed E-state index contributed by atoms with van der Waals surface area (Å²) in [6.45, 7) is 3.43. The lowest BCUT2D eigenvalue weighted by Crippen LogP contribution is -2.23. The molecule has 0 radical (unpaired) electrons. The number of aliphatic hydroxyl groups excluding tert-OH is 1. The predicted molar refractivity (Wildman–Crippen MR) is 137 cm³/mol. The minimum Gasteiger partial charge on any atom is -0.497 e. The maximum absolute atomic E-state index is 13.8. The van der Waals surface area contributed by atoms with Gasteiger partial charge in [-0.1, -0.05) is 23.7 Å². The number of pyridine rings is 1. The normalized spacial score (nSPS) is 11.4. The molecule has 3 N–H and O–H groups in total. The van der Waals surface area contributed by atoms with Crippen LogP contribution >= 0.6 is 11.6 Å². The molecule has 0 saturated carbocycles. The number of hydrogen-bond acceptors (Lipinski definition) is 6. The zero-order valence-corrected chi connectivity index (χ0v) is 20.1. The summed E-state index contributed by atoms with van der Waals surface area (Å²) in [4.78, 5) is 21.7. The van der Waals surface area contributed by atoms with Crippen LogP contribution in [0, 0.1) is 0 Å². The molecule has 0 saturated heterocycles. The van der Waals surface area contributed by atoms with Gasteiger partial charge in [-0.05, 0) is 42.8 Å². The van der Waals surface area contributed by atoms with E-state index in [0.29, 0.717) is 42.0 Å². The highest BCUT2D eigenvalue weighted by atomic mass is 35.5. The summed E-state index contributed by atoms with van der Waals surface area (Å²) in [6, 6.07) is 13.2. The second-order valence-corrected chi connectivity index (χ2v) is 8.49. The quantitative estimate of drug-likeness (QED) is 0.303. The second kappa shape index (κ2) is 9.44. The smallest absolute Gasteiger partial charge is 0.264 e. The summed E-state index contributed by atoms with van der Waals surface area (Å²) in [5.74, 6) is 1.13. The molecule has 0 amide bonds. The van der Waals surface area contributed by atoms with E-state index in [1.54, 1.807) is 16.4 Å². The van der Waals surface area contributed by atoms with E-state index in [9.17, 15) is 4.79 Å². The molecule has 0 aliphatic heterocycles. The van der Waals surface area contributed by atoms with Gasteiger partial charge in [0.1, 0.15) is 22.7 Å². The molecule has 0 aliphatic rings. The molecule has 0 aliphatic carbocycles. The molecule has 35 heavy (non-hydrogen) atoms. The highest BCUT2D eigenvalue weighted by Gasteiger charge is 2.22. The van der Waals surface area contributed by atoms with Crippen molar-refractivity contribution < 1.29 is 9.84 Å². The maximum Gasteiger partial charge on any atom is 0.264 e. The number of nitrogens with zero attached hydrogens (tertiary/aromatic N) is 4. The lowest BCUT2D eigenvalue weighted by atomic mass is 10.2. The molecule has 0 spiro atoms. The summed E-state index contributed by atoms with van der Waals surface area (Å²) in [7, 11) is 1.62. The number of halogens is 1. The van der Waals surface area contributed by atoms with Gasteiger partial charge in [-0.3, -0.25) is 9.48 Å². The Morgan fingerprint density at radius 3 is 2.71 bits per heavy atom. The summed E-state index contributed by atoms with van der Waals surface area (Å²) in [6.07, 6.45) is 1.84. The molecule has 180 valence electrons. The van der Waals surface area contributed by atoms with Crippen LogP contribution in [0.25, 0.3) is 33.5 Å². The number of aromatic amines is 1. The van der Waals surface area contributed by atoms with Gasteiger partial charge in [-0.2, -0.15) is 5.10 Å². The van der Waals surface area contributed by atoms with E-state index in [2.05, 4.69) is 20.4 Å². The molecule has 9 nitrogen and oxygen atoms in total. The Morgan fingerprint density at radius 2 is 2.00 bits per heavy atom. The number of anilines is 1. The van der Waals surface area contributed by atoms with Gasteiger partial charge < -0.3 is 24.7 Å². The van der Waals surface area contributed by atoms with Crippen molar-refractivity contribution >= 4 is 39.4 Å². The fourth-order valence-electron chi connectivity index (χ4n) is 4.10. The molecule has 5 aromatic rings. The van der Waals surface area contributed by atoms with Crippen molar-refractivity contribution in [2.24, 2.45) is 0 Å². The Morgan fingerprint density at radius 1 is 1.20 bits per heavy atom. The molecule has 0 unspecified atom stereocenters. The molecule has 3 aromatic heterocycles. The maximum atomic E-state index is 13.8. The van der Waals surface area contributed by atoms with Crippen molar-refractivity contribution in [1.82, 2.24) is 24.3 Å². The van der Waals surface area contributed by atoms with E-state index in [1.807, 2.05) is 55.6 Å². The molecular formula is C25H25ClN6O3. The number of imidazole rings is 1. The Bertz CT molecular complexity index is 1570. The van der Waals surface area contributed by atoms with Crippen molar-refractivity contribution in [3.63, 3.8) is 0 Å². The second-order valence-electron chi connectivity index (χ2n) is 8.11. The number of methoxy groups -OCH3 is 1. The minimum absolute atomic E-state index is 0.0278. The third kappa shape index (κ3) is 4.24. The number of rotatable bonds is 8. The molecule has 2 aromatic carbocycles. The fraction of sp³-hybridized carbons (Fsp3) is 0.240. The zero-order chi connectivity index (χ0) is 24.5. The lowest BCUT2D eigenvalue weighted by Gasteiger charge is -2.11. The van der Waals surface area contributed by atoms with Gasteiger partial charge in [0, 0.05) is 25.0 Å². The summed E-state index contributed by atoms with van der Waals surface area (Å²) in [5.41, 5.74) is 4.44. The Balaban J connectivity index is 1.67. The topological polar surface area (TPSA) is 110 Å². The van der Waals surface area contributed by atoms with Gasteiger partial charge in [-0.15, -0.1) is 0 Å². The van der Waals surface area contributed by atoms with E-state index in [4.69, 9.17) is 21.4 Å². The summed E-state index contributed by atoms with van der Waals surface area (Å²) < 4.78 is 8.70. The van der Waals surface area contributed by atoms with Crippen LogP contribution in [0.2, 0.25) is 5.02 Å². The highest BCUT2D eigenvalue weighted by molar-refractivity contribution is 6.37. The SMILES string of the molecule is CCn1cc2c(n1)c(Cl)c(-c1nc3ccc(NCCO)cc3[nH]1)c(=O)n2Cc1ccc(OC)cc1. The van der Waals surface area contributed by atoms with Crippen LogP contribution < -0.4 is 15.6 Å². The number of aliphatic hydroxyl groups is 1. The fourth-order valence-corrected chi connectivity index (χ4v) is 4.40. The first kappa shape index (κ1) is 22.9. The third-order valence-electron chi connectivity index (χ3n) is 5.90. The minimum atomic E-state index is -0.258. The number of aromatic nitrogens is 5. The number of H-pyrrole nitrogens is 1. The van der Waals surface area contributed by atoms with Crippen molar-refractivity contribution in [3.8, 4) is 17.1 Å². The number of nitrogens with one attached hydrogen (secondary N) is 2. The van der Waals surface area contributed by atoms with E-state index in [1.165, 1.54) is 0 Å². The monoisotopic (exact) mass is 492 g/mol. The Kier molecular flexibility index (Phi) is 6.19. The summed E-state index contributed by atoms with van der Waals surface area (Å²) in [5, 5.41) is 17.1. The van der Waals surface area contributed by atoms with E-state index in [0.717, 1.165) is 22.5 Å². The predicted octanol–water partition coefficient (Wildman–Crippen LogP) is 3.88. The van der Waals surface area contributed by atoms with Crippen LogP contribution in [0.3, 0.4) is 0 Å².